The summed E-state index contributed by atoms with van der Waals surface area (Å²) in [6.45, 7) is 0. The molecule has 0 saturated carbocycles. The average molecular weight is 678 g/mol. The molecule has 5 heteroatoms. The second-order valence-corrected chi connectivity index (χ2v) is 14.2. The number of pyridine rings is 2. The number of para-hydroxylation sites is 3. The van der Waals surface area contributed by atoms with Crippen molar-refractivity contribution in [2.24, 2.45) is 0 Å². The molecule has 5 heterocycles. The van der Waals surface area contributed by atoms with E-state index in [1.54, 1.807) is 0 Å². The summed E-state index contributed by atoms with van der Waals surface area (Å²) in [5.41, 5.74) is 12.4. The van der Waals surface area contributed by atoms with Gasteiger partial charge in [-0.3, -0.25) is 8.80 Å². The van der Waals surface area contributed by atoms with Gasteiger partial charge in [0.25, 0.3) is 0 Å². The lowest BCUT2D eigenvalue weighted by Crippen LogP contribution is -2.28. The molecule has 0 atom stereocenters. The van der Waals surface area contributed by atoms with E-state index in [9.17, 15) is 0 Å². The van der Waals surface area contributed by atoms with Crippen LogP contribution in [-0.4, -0.2) is 23.3 Å². The van der Waals surface area contributed by atoms with Gasteiger partial charge in [0.2, 0.25) is 0 Å². The highest BCUT2D eigenvalue weighted by Gasteiger charge is 2.19. The second-order valence-electron chi connectivity index (χ2n) is 14.2. The quantitative estimate of drug-likeness (QED) is 0.187. The maximum atomic E-state index is 5.10. The molecule has 0 spiro atoms. The minimum atomic E-state index is 0.982. The van der Waals surface area contributed by atoms with E-state index in [4.69, 9.17) is 9.97 Å². The van der Waals surface area contributed by atoms with Crippen molar-refractivity contribution < 1.29 is 0 Å². The Morgan fingerprint density at radius 2 is 1.00 bits per heavy atom. The first-order valence-electron chi connectivity index (χ1n) is 18.3. The van der Waals surface area contributed by atoms with Crippen LogP contribution in [0.5, 0.6) is 0 Å². The highest BCUT2D eigenvalue weighted by atomic mass is 15.0. The van der Waals surface area contributed by atoms with Crippen molar-refractivity contribution in [3.05, 3.63) is 163 Å². The normalized spacial score (nSPS) is 13.1. The maximum Gasteiger partial charge on any atom is 0.145 e. The summed E-state index contributed by atoms with van der Waals surface area (Å²) in [4.78, 5) is 10.2. The molecule has 0 fully saturated rings. The smallest absolute Gasteiger partial charge is 0.145 e. The SMILES string of the molecule is C1=c2nc3c4ccccc4c(-c4ccc5c(c4)c4cc(-c6cn7c8ccccc8nc7c7ccccc67)ccc4n5-c4ccccc4)cn3c2=CCC1. The van der Waals surface area contributed by atoms with E-state index in [1.807, 2.05) is 0 Å². The van der Waals surface area contributed by atoms with Crippen LogP contribution < -0.4 is 10.7 Å². The van der Waals surface area contributed by atoms with Gasteiger partial charge in [0, 0.05) is 50.8 Å². The molecule has 1 aliphatic carbocycles. The van der Waals surface area contributed by atoms with E-state index >= 15 is 0 Å². The molecular weight excluding hydrogens is 647 g/mol. The molecule has 0 bridgehead atoms. The van der Waals surface area contributed by atoms with E-state index in [0.29, 0.717) is 0 Å². The topological polar surface area (TPSA) is 39.5 Å². The third-order valence-electron chi connectivity index (χ3n) is 11.2. The summed E-state index contributed by atoms with van der Waals surface area (Å²) in [6.07, 6.45) is 11.3. The van der Waals surface area contributed by atoms with E-state index in [1.165, 1.54) is 65.6 Å². The Kier molecular flexibility index (Phi) is 5.83. The lowest BCUT2D eigenvalue weighted by Gasteiger charge is -2.11. The number of hydrogen-bond donors (Lipinski definition) is 0. The summed E-state index contributed by atoms with van der Waals surface area (Å²) in [7, 11) is 0. The van der Waals surface area contributed by atoms with E-state index < -0.39 is 0 Å². The first-order valence-corrected chi connectivity index (χ1v) is 18.3. The Bertz CT molecular complexity index is 3450. The number of fused-ring (bicyclic) bond motifs is 13. The van der Waals surface area contributed by atoms with Crippen LogP contribution in [-0.2, 0) is 0 Å². The van der Waals surface area contributed by atoms with Crippen molar-refractivity contribution in [2.75, 3.05) is 0 Å². The summed E-state index contributed by atoms with van der Waals surface area (Å²) in [5, 5.41) is 9.44. The maximum absolute atomic E-state index is 5.10. The molecule has 0 saturated heterocycles. The standard InChI is InChI=1S/C48H31N5/c1-2-12-32(13-3-1)53-43-24-22-30(39-28-51-45-20-10-8-18-41(45)49-47(51)35-16-6-4-14-33(35)39)26-37(43)38-27-31(23-25-44(38)53)40-29-52-46-21-11-9-19-42(46)50-48(52)36-17-7-5-15-34(36)40/h1-8,10,12-29H,9,11H2. The van der Waals surface area contributed by atoms with Crippen molar-refractivity contribution in [1.29, 1.82) is 0 Å². The fourth-order valence-electron chi connectivity index (χ4n) is 8.84. The van der Waals surface area contributed by atoms with Gasteiger partial charge in [-0.15, -0.1) is 0 Å². The molecular formula is C48H31N5. The number of nitrogens with zero attached hydrogens (tertiary/aromatic N) is 5. The molecule has 0 unspecified atom stereocenters. The molecule has 5 aromatic heterocycles. The molecule has 53 heavy (non-hydrogen) atoms. The Hall–Kier alpha value is -6.98. The molecule has 6 aromatic carbocycles. The fourth-order valence-corrected chi connectivity index (χ4v) is 8.84. The molecule has 0 amide bonds. The monoisotopic (exact) mass is 677 g/mol. The van der Waals surface area contributed by atoms with E-state index in [0.717, 1.165) is 51.6 Å². The third-order valence-corrected chi connectivity index (χ3v) is 11.2. The Labute approximate surface area is 303 Å². The van der Waals surface area contributed by atoms with Crippen LogP contribution in [0.3, 0.4) is 0 Å². The predicted molar refractivity (Wildman–Crippen MR) is 219 cm³/mol. The van der Waals surface area contributed by atoms with Crippen LogP contribution in [0.25, 0.3) is 106 Å². The van der Waals surface area contributed by atoms with Gasteiger partial charge in [0.15, 0.2) is 0 Å². The van der Waals surface area contributed by atoms with E-state index in [-0.39, 0.29) is 0 Å². The van der Waals surface area contributed by atoms with Gasteiger partial charge in [-0.05, 0) is 83.3 Å². The third kappa shape index (κ3) is 4.07. The lowest BCUT2D eigenvalue weighted by molar-refractivity contribution is 1.06. The molecule has 1 aliphatic rings. The largest absolute Gasteiger partial charge is 0.309 e. The fraction of sp³-hybridized carbons (Fsp3) is 0.0417. The minimum Gasteiger partial charge on any atom is -0.309 e. The Morgan fingerprint density at radius 1 is 0.434 bits per heavy atom. The van der Waals surface area contributed by atoms with Gasteiger partial charge < -0.3 is 4.57 Å². The zero-order valence-corrected chi connectivity index (χ0v) is 28.7. The van der Waals surface area contributed by atoms with Crippen LogP contribution in [0.1, 0.15) is 12.8 Å². The van der Waals surface area contributed by atoms with Gasteiger partial charge in [0.05, 0.1) is 32.8 Å². The number of hydrogen-bond acceptors (Lipinski definition) is 2. The summed E-state index contributed by atoms with van der Waals surface area (Å²) >= 11 is 0. The average Bonchev–Trinajstić information content (AvgIpc) is 3.90. The molecule has 0 radical (unpaired) electrons. The number of aromatic nitrogens is 5. The first-order chi connectivity index (χ1) is 26.3. The summed E-state index contributed by atoms with van der Waals surface area (Å²) in [5.74, 6) is 0. The molecule has 12 rings (SSSR count). The van der Waals surface area contributed by atoms with Crippen LogP contribution in [0.2, 0.25) is 0 Å². The van der Waals surface area contributed by atoms with Crippen LogP contribution >= 0.6 is 0 Å². The first kappa shape index (κ1) is 28.7. The summed E-state index contributed by atoms with van der Waals surface area (Å²) < 4.78 is 6.97. The summed E-state index contributed by atoms with van der Waals surface area (Å²) in [6, 6.07) is 50.5. The van der Waals surface area contributed by atoms with Crippen molar-refractivity contribution in [1.82, 2.24) is 23.3 Å². The number of imidazole rings is 2. The van der Waals surface area contributed by atoms with Crippen molar-refractivity contribution in [3.63, 3.8) is 0 Å². The van der Waals surface area contributed by atoms with Crippen LogP contribution in [0.4, 0.5) is 0 Å². The highest BCUT2D eigenvalue weighted by Crippen LogP contribution is 2.40. The molecule has 248 valence electrons. The van der Waals surface area contributed by atoms with Crippen LogP contribution in [0.15, 0.2) is 152 Å². The molecule has 5 nitrogen and oxygen atoms in total. The highest BCUT2D eigenvalue weighted by molar-refractivity contribution is 6.14. The van der Waals surface area contributed by atoms with Crippen molar-refractivity contribution in [3.8, 4) is 27.9 Å². The zero-order chi connectivity index (χ0) is 34.6. The van der Waals surface area contributed by atoms with E-state index in [2.05, 4.69) is 177 Å². The van der Waals surface area contributed by atoms with Gasteiger partial charge in [-0.25, -0.2) is 9.97 Å². The minimum absolute atomic E-state index is 0.982. The van der Waals surface area contributed by atoms with Gasteiger partial charge in [0.1, 0.15) is 11.3 Å². The number of benzene rings is 6. The molecule has 11 aromatic rings. The predicted octanol–water partition coefficient (Wildman–Crippen LogP) is 10.2. The van der Waals surface area contributed by atoms with Gasteiger partial charge >= 0.3 is 0 Å². The zero-order valence-electron chi connectivity index (χ0n) is 28.7. The number of rotatable bonds is 3. The Morgan fingerprint density at radius 3 is 1.70 bits per heavy atom. The second kappa shape index (κ2) is 10.8. The van der Waals surface area contributed by atoms with Gasteiger partial charge in [-0.2, -0.15) is 0 Å². The molecule has 0 aliphatic heterocycles. The molecule has 0 N–H and O–H groups in total. The van der Waals surface area contributed by atoms with Crippen molar-refractivity contribution in [2.45, 2.75) is 12.8 Å². The Balaban J connectivity index is 1.16. The van der Waals surface area contributed by atoms with Crippen LogP contribution in [0, 0.1) is 0 Å². The van der Waals surface area contributed by atoms with Crippen molar-refractivity contribution >= 4 is 77.8 Å². The van der Waals surface area contributed by atoms with Gasteiger partial charge in [-0.1, -0.05) is 103 Å². The lowest BCUT2D eigenvalue weighted by atomic mass is 9.97.